The third-order valence-electron chi connectivity index (χ3n) is 5.12. The van der Waals surface area contributed by atoms with E-state index >= 15 is 0 Å². The molecule has 1 aromatic rings. The van der Waals surface area contributed by atoms with Gasteiger partial charge in [-0.25, -0.2) is 0 Å². The summed E-state index contributed by atoms with van der Waals surface area (Å²) in [6, 6.07) is 0. The molecule has 1 aromatic heterocycles. The number of unbranched alkanes of at least 4 members (excludes halogenated alkanes) is 1. The molecule has 2 heterocycles. The van der Waals surface area contributed by atoms with Crippen LogP contribution in [0.3, 0.4) is 0 Å². The molecular weight excluding hydrogens is 559 g/mol. The molecule has 3 atom stereocenters. The van der Waals surface area contributed by atoms with Crippen molar-refractivity contribution in [3.8, 4) is 11.8 Å². The molecule has 1 saturated heterocycles. The first-order chi connectivity index (χ1) is 17.4. The average Bonchev–Trinajstić information content (AvgIpc) is 3.21. The molecule has 0 bridgehead atoms. The minimum absolute atomic E-state index is 0.0118. The molecule has 17 nitrogen and oxygen atoms in total. The molecule has 1 aliphatic rings. The monoisotopic (exact) mass is 585 g/mol. The van der Waals surface area contributed by atoms with Gasteiger partial charge in [-0.2, -0.15) is 0 Å². The number of anilines is 1. The summed E-state index contributed by atoms with van der Waals surface area (Å²) in [6.45, 7) is -7.14. The third kappa shape index (κ3) is 7.16. The van der Waals surface area contributed by atoms with Crippen molar-refractivity contribution in [2.45, 2.75) is 44.1 Å². The predicted octanol–water partition coefficient (Wildman–Crippen LogP) is 0.0432. The summed E-state index contributed by atoms with van der Waals surface area (Å²) in [5.74, 6) is 4.88. The van der Waals surface area contributed by atoms with Gasteiger partial charge in [-0.1, -0.05) is 0 Å². The van der Waals surface area contributed by atoms with Gasteiger partial charge in [0.2, 0.25) is 5.91 Å². The SMILES string of the molecule is NCCCCC(=O)NCC#Cc1cn([C@H]2C[C@H](O)[C@@H](COP(O)(OO)(P(=O)=O)P(=O)=O)O2)c(=O)nc1N. The number of amides is 1. The zero-order chi connectivity index (χ0) is 27.8. The minimum atomic E-state index is -6.56. The van der Waals surface area contributed by atoms with Crippen molar-refractivity contribution < 1.29 is 52.2 Å². The molecular formula is C17H26N5O12P3. The van der Waals surface area contributed by atoms with Crippen molar-refractivity contribution in [1.82, 2.24) is 14.9 Å². The van der Waals surface area contributed by atoms with E-state index in [1.807, 2.05) is 0 Å². The molecule has 8 N–H and O–H groups in total. The van der Waals surface area contributed by atoms with E-state index in [1.54, 1.807) is 0 Å². The molecule has 20 heteroatoms. The Morgan fingerprint density at radius 2 is 2.00 bits per heavy atom. The number of carbonyl (C=O) groups excluding carboxylic acids is 1. The van der Waals surface area contributed by atoms with Crippen molar-refractivity contribution in [2.24, 2.45) is 5.73 Å². The number of aliphatic hydroxyl groups is 1. The van der Waals surface area contributed by atoms with Crippen LogP contribution >= 0.6 is 21.4 Å². The molecule has 0 unspecified atom stereocenters. The summed E-state index contributed by atoms with van der Waals surface area (Å²) in [7, 11) is -8.71. The van der Waals surface area contributed by atoms with E-state index in [4.69, 9.17) is 21.5 Å². The Labute approximate surface area is 210 Å². The van der Waals surface area contributed by atoms with E-state index in [9.17, 15) is 37.8 Å². The molecule has 0 saturated carbocycles. The quantitative estimate of drug-likeness (QED) is 0.0621. The number of nitrogens with one attached hydrogen (secondary N) is 1. The van der Waals surface area contributed by atoms with Crippen LogP contribution in [-0.4, -0.2) is 62.6 Å². The van der Waals surface area contributed by atoms with Crippen molar-refractivity contribution in [3.05, 3.63) is 22.2 Å². The van der Waals surface area contributed by atoms with Gasteiger partial charge in [-0.3, -0.25) is 4.79 Å². The summed E-state index contributed by atoms with van der Waals surface area (Å²) >= 11 is 0. The first-order valence-corrected chi connectivity index (χ1v) is 16.4. The number of aromatic nitrogens is 2. The van der Waals surface area contributed by atoms with Crippen LogP contribution in [0.2, 0.25) is 0 Å². The zero-order valence-corrected chi connectivity index (χ0v) is 21.8. The molecule has 1 amide bonds. The van der Waals surface area contributed by atoms with Crippen LogP contribution < -0.4 is 22.5 Å². The van der Waals surface area contributed by atoms with Crippen LogP contribution in [0.5, 0.6) is 0 Å². The van der Waals surface area contributed by atoms with Crippen LogP contribution in [0.1, 0.15) is 37.5 Å². The number of hydrogen-bond donors (Lipinski definition) is 6. The van der Waals surface area contributed by atoms with Gasteiger partial charge < -0.3 is 5.73 Å². The standard InChI is InChI=1S/C17H26N5O12P3/c18-6-2-1-5-14(24)20-7-3-4-11-9-22(17(25)21-16(11)19)15-8-12(23)13(33-15)10-32-37(31,34-26,35(27)28)36(29)30/h9,12-13,15,23,26,31H,1-2,5-8,10,18H2,(H,20,24)(H2,19,21,25)/t12-,13+,15+/m0/s1. The van der Waals surface area contributed by atoms with Gasteiger partial charge in [0.25, 0.3) is 0 Å². The van der Waals surface area contributed by atoms with Gasteiger partial charge in [0.1, 0.15) is 0 Å². The third-order valence-corrected chi connectivity index (χ3v) is 14.2. The molecule has 1 aliphatic heterocycles. The fourth-order valence-corrected chi connectivity index (χ4v) is 6.70. The van der Waals surface area contributed by atoms with Crippen molar-refractivity contribution in [3.63, 3.8) is 0 Å². The van der Waals surface area contributed by atoms with E-state index in [0.717, 1.165) is 4.57 Å². The van der Waals surface area contributed by atoms with Gasteiger partial charge in [-0.05, 0) is 19.4 Å². The van der Waals surface area contributed by atoms with Crippen LogP contribution in [-0.2, 0) is 37.0 Å². The zero-order valence-electron chi connectivity index (χ0n) is 19.2. The molecule has 2 rings (SSSR count). The Balaban J connectivity index is 2.14. The molecule has 1 fully saturated rings. The Kier molecular flexibility index (Phi) is 10.8. The van der Waals surface area contributed by atoms with E-state index < -0.39 is 52.1 Å². The van der Waals surface area contributed by atoms with E-state index in [2.05, 4.69) is 31.3 Å². The summed E-state index contributed by atoms with van der Waals surface area (Å²) in [5, 5.41) is 21.7. The maximum atomic E-state index is 12.3. The summed E-state index contributed by atoms with van der Waals surface area (Å²) < 4.78 is 59.7. The summed E-state index contributed by atoms with van der Waals surface area (Å²) in [5.41, 5.74) is 10.3. The second kappa shape index (κ2) is 12.9. The van der Waals surface area contributed by atoms with Gasteiger partial charge in [0, 0.05) is 6.42 Å². The number of nitrogen functional groups attached to an aromatic ring is 1. The second-order valence-electron chi connectivity index (χ2n) is 7.67. The van der Waals surface area contributed by atoms with Crippen LogP contribution in [0.25, 0.3) is 0 Å². The van der Waals surface area contributed by atoms with Crippen LogP contribution in [0, 0.1) is 11.8 Å². The average molecular weight is 585 g/mol. The molecule has 0 spiro atoms. The molecule has 206 valence electrons. The fourth-order valence-electron chi connectivity index (χ4n) is 3.06. The number of ether oxygens (including phenoxy) is 1. The van der Waals surface area contributed by atoms with E-state index in [-0.39, 0.29) is 30.3 Å². The molecule has 0 aromatic carbocycles. The van der Waals surface area contributed by atoms with Gasteiger partial charge >= 0.3 is 167 Å². The van der Waals surface area contributed by atoms with Crippen molar-refractivity contribution >= 4 is 33.1 Å². The fraction of sp³-hybridized carbons (Fsp3) is 0.588. The van der Waals surface area contributed by atoms with Crippen molar-refractivity contribution in [2.75, 3.05) is 25.4 Å². The predicted molar refractivity (Wildman–Crippen MR) is 126 cm³/mol. The number of aliphatic hydroxyl groups excluding tert-OH is 1. The number of carbonyl (C=O) groups is 1. The Morgan fingerprint density at radius 3 is 2.59 bits per heavy atom. The van der Waals surface area contributed by atoms with Crippen molar-refractivity contribution in [1.29, 1.82) is 0 Å². The van der Waals surface area contributed by atoms with Gasteiger partial charge in [0.15, 0.2) is 0 Å². The van der Waals surface area contributed by atoms with E-state index in [1.165, 1.54) is 6.20 Å². The number of nitrogens with zero attached hydrogens (tertiary/aromatic N) is 2. The Morgan fingerprint density at radius 1 is 1.32 bits per heavy atom. The summed E-state index contributed by atoms with van der Waals surface area (Å²) in [4.78, 5) is 37.7. The summed E-state index contributed by atoms with van der Waals surface area (Å²) in [6.07, 6.45) is -1.52. The van der Waals surface area contributed by atoms with E-state index in [0.29, 0.717) is 25.8 Å². The Hall–Kier alpha value is -2.34. The first-order valence-electron chi connectivity index (χ1n) is 10.6. The topological polar surface area (TPSA) is 273 Å². The first kappa shape index (κ1) is 30.9. The Bertz CT molecular complexity index is 1230. The molecule has 0 radical (unpaired) electrons. The maximum absolute atomic E-state index is 12.3. The second-order valence-corrected chi connectivity index (χ2v) is 17.8. The van der Waals surface area contributed by atoms with Gasteiger partial charge in [-0.15, -0.1) is 0 Å². The molecule has 37 heavy (non-hydrogen) atoms. The van der Waals surface area contributed by atoms with Gasteiger partial charge in [0.05, 0.1) is 0 Å². The molecule has 0 aliphatic carbocycles. The number of hydrogen-bond acceptors (Lipinski definition) is 15. The number of rotatable bonds is 12. The normalized spacial score (nSPS) is 20.3. The number of nitrogens with two attached hydrogens (primary N) is 2. The van der Waals surface area contributed by atoms with Crippen LogP contribution in [0.15, 0.2) is 11.0 Å². The van der Waals surface area contributed by atoms with Crippen LogP contribution in [0.4, 0.5) is 5.82 Å².